The lowest BCUT2D eigenvalue weighted by Crippen LogP contribution is -2.24. The number of ether oxygens (including phenoxy) is 1. The van der Waals surface area contributed by atoms with Gasteiger partial charge in [-0.1, -0.05) is 0 Å². The van der Waals surface area contributed by atoms with Gasteiger partial charge in [-0.3, -0.25) is 0 Å². The van der Waals surface area contributed by atoms with E-state index in [0.717, 1.165) is 6.92 Å². The van der Waals surface area contributed by atoms with Gasteiger partial charge in [-0.25, -0.2) is 0 Å². The van der Waals surface area contributed by atoms with E-state index in [2.05, 4.69) is 4.74 Å². The third kappa shape index (κ3) is 3.88. The van der Waals surface area contributed by atoms with Crippen LogP contribution in [0.1, 0.15) is 6.92 Å². The Bertz CT molecular complexity index is 35.8. The lowest BCUT2D eigenvalue weighted by Gasteiger charge is -2.10. The smallest absolute Gasteiger partial charge is 0.274 e. The molecule has 0 aliphatic heterocycles. The van der Waals surface area contributed by atoms with E-state index in [9.17, 15) is 0 Å². The van der Waals surface area contributed by atoms with Crippen molar-refractivity contribution >= 4 is 0 Å². The Labute approximate surface area is 36.2 Å². The molecule has 0 unspecified atom stereocenters. The number of hydrogen-bond acceptors (Lipinski definition) is 3. The molecule has 0 aromatic heterocycles. The molecule has 0 aliphatic carbocycles. The molecule has 0 rings (SSSR count). The molecule has 0 radical (unpaired) electrons. The van der Waals surface area contributed by atoms with E-state index in [1.165, 1.54) is 7.11 Å². The highest BCUT2D eigenvalue weighted by Crippen LogP contribution is 1.92. The maximum absolute atomic E-state index is 8.16. The van der Waals surface area contributed by atoms with Crippen LogP contribution in [0.3, 0.4) is 0 Å². The molecule has 0 saturated heterocycles. The average Bonchev–Trinajstić information content (AvgIpc) is 1.35. The summed E-state index contributed by atoms with van der Waals surface area (Å²) in [7, 11) is 1.21. The van der Waals surface area contributed by atoms with Crippen molar-refractivity contribution in [3.05, 3.63) is 0 Å². The van der Waals surface area contributed by atoms with Crippen molar-refractivity contribution in [3.63, 3.8) is 0 Å². The zero-order chi connectivity index (χ0) is 5.21. The average molecular weight is 92.1 g/mol. The molecule has 0 atom stereocenters. The zero-order valence-electron chi connectivity index (χ0n) is 3.80. The van der Waals surface area contributed by atoms with Crippen molar-refractivity contribution in [2.75, 3.05) is 7.11 Å². The Hall–Kier alpha value is -0.120. The molecule has 0 spiro atoms. The molecular formula is C3H8O3. The van der Waals surface area contributed by atoms with Crippen LogP contribution in [0, 0.1) is 0 Å². The van der Waals surface area contributed by atoms with E-state index in [4.69, 9.17) is 10.2 Å². The first-order valence-corrected chi connectivity index (χ1v) is 1.56. The highest BCUT2D eigenvalue weighted by Gasteiger charge is 2.09. The highest BCUT2D eigenvalue weighted by atomic mass is 16.8. The third-order valence-corrected chi connectivity index (χ3v) is 0.387. The molecular weight excluding hydrogens is 84.0 g/mol. The molecule has 0 bridgehead atoms. The Morgan fingerprint density at radius 2 is 1.67 bits per heavy atom. The van der Waals surface area contributed by atoms with Crippen molar-refractivity contribution < 1.29 is 14.9 Å². The lowest BCUT2D eigenvalue weighted by atomic mass is 10.7. The molecule has 0 aromatic rings. The van der Waals surface area contributed by atoms with Crippen LogP contribution in [0.15, 0.2) is 0 Å². The molecule has 38 valence electrons. The Morgan fingerprint density at radius 1 is 1.50 bits per heavy atom. The quantitative estimate of drug-likeness (QED) is 0.420. The van der Waals surface area contributed by atoms with E-state index < -0.39 is 5.97 Å². The minimum Gasteiger partial charge on any atom is -0.344 e. The van der Waals surface area contributed by atoms with Gasteiger partial charge in [0.1, 0.15) is 0 Å². The summed E-state index contributed by atoms with van der Waals surface area (Å²) >= 11 is 0. The van der Waals surface area contributed by atoms with Crippen molar-refractivity contribution in [2.24, 2.45) is 0 Å². The topological polar surface area (TPSA) is 49.7 Å². The van der Waals surface area contributed by atoms with Gasteiger partial charge in [0.15, 0.2) is 0 Å². The van der Waals surface area contributed by atoms with Gasteiger partial charge in [0.25, 0.3) is 5.97 Å². The first kappa shape index (κ1) is 5.88. The summed E-state index contributed by atoms with van der Waals surface area (Å²) in [4.78, 5) is 0. The van der Waals surface area contributed by atoms with Crippen LogP contribution in [0.5, 0.6) is 0 Å². The lowest BCUT2D eigenvalue weighted by molar-refractivity contribution is -0.312. The van der Waals surface area contributed by atoms with Gasteiger partial charge in [-0.2, -0.15) is 0 Å². The SMILES string of the molecule is COC(C)(O)O. The monoisotopic (exact) mass is 92.0 g/mol. The van der Waals surface area contributed by atoms with Gasteiger partial charge < -0.3 is 14.9 Å². The second-order valence-corrected chi connectivity index (χ2v) is 1.14. The fourth-order valence-corrected chi connectivity index (χ4v) is 0. The summed E-state index contributed by atoms with van der Waals surface area (Å²) in [6.07, 6.45) is 0. The summed E-state index contributed by atoms with van der Waals surface area (Å²) in [6, 6.07) is 0. The van der Waals surface area contributed by atoms with Gasteiger partial charge in [-0.05, 0) is 0 Å². The van der Waals surface area contributed by atoms with E-state index in [1.54, 1.807) is 0 Å². The highest BCUT2D eigenvalue weighted by molar-refractivity contribution is 4.27. The summed E-state index contributed by atoms with van der Waals surface area (Å²) in [5.41, 5.74) is 0. The van der Waals surface area contributed by atoms with Gasteiger partial charge in [0.05, 0.1) is 0 Å². The molecule has 3 nitrogen and oxygen atoms in total. The molecule has 0 amide bonds. The Kier molecular flexibility index (Phi) is 1.52. The molecule has 0 fully saturated rings. The van der Waals surface area contributed by atoms with Crippen LogP contribution in [0.25, 0.3) is 0 Å². The van der Waals surface area contributed by atoms with Crippen molar-refractivity contribution in [3.8, 4) is 0 Å². The maximum Gasteiger partial charge on any atom is 0.274 e. The normalized spacial score (nSPS) is 12.0. The van der Waals surface area contributed by atoms with Crippen LogP contribution < -0.4 is 0 Å². The molecule has 6 heavy (non-hydrogen) atoms. The number of rotatable bonds is 1. The number of methoxy groups -OCH3 is 1. The minimum atomic E-state index is -1.96. The van der Waals surface area contributed by atoms with Crippen molar-refractivity contribution in [1.29, 1.82) is 0 Å². The first-order chi connectivity index (χ1) is 2.56. The standard InChI is InChI=1S/C3H8O3/c1-3(4,5)6-2/h4-5H,1-2H3. The first-order valence-electron chi connectivity index (χ1n) is 1.56. The maximum atomic E-state index is 8.16. The van der Waals surface area contributed by atoms with Crippen molar-refractivity contribution in [1.82, 2.24) is 0 Å². The minimum absolute atomic E-state index is 1.13. The summed E-state index contributed by atoms with van der Waals surface area (Å²) in [6.45, 7) is 1.13. The predicted octanol–water partition coefficient (Wildman–Crippen LogP) is -0.709. The molecule has 2 N–H and O–H groups in total. The van der Waals surface area contributed by atoms with Crippen LogP contribution in [-0.4, -0.2) is 23.3 Å². The van der Waals surface area contributed by atoms with E-state index in [0.29, 0.717) is 0 Å². The summed E-state index contributed by atoms with van der Waals surface area (Å²) < 4.78 is 4.05. The molecule has 0 heterocycles. The summed E-state index contributed by atoms with van der Waals surface area (Å²) in [5, 5.41) is 16.3. The second-order valence-electron chi connectivity index (χ2n) is 1.14. The third-order valence-electron chi connectivity index (χ3n) is 0.387. The van der Waals surface area contributed by atoms with Gasteiger partial charge >= 0.3 is 0 Å². The van der Waals surface area contributed by atoms with E-state index in [-0.39, 0.29) is 0 Å². The van der Waals surface area contributed by atoms with Crippen molar-refractivity contribution in [2.45, 2.75) is 12.9 Å². The van der Waals surface area contributed by atoms with Gasteiger partial charge in [-0.15, -0.1) is 0 Å². The fourth-order valence-electron chi connectivity index (χ4n) is 0. The molecule has 0 aromatic carbocycles. The number of hydrogen-bond donors (Lipinski definition) is 2. The molecule has 0 aliphatic rings. The summed E-state index contributed by atoms with van der Waals surface area (Å²) in [5.74, 6) is -1.96. The largest absolute Gasteiger partial charge is 0.344 e. The fraction of sp³-hybridized carbons (Fsp3) is 1.00. The molecule has 0 saturated carbocycles. The van der Waals surface area contributed by atoms with Crippen LogP contribution in [0.4, 0.5) is 0 Å². The predicted molar refractivity (Wildman–Crippen MR) is 19.9 cm³/mol. The van der Waals surface area contributed by atoms with Gasteiger partial charge in [0, 0.05) is 14.0 Å². The van der Waals surface area contributed by atoms with Gasteiger partial charge in [0.2, 0.25) is 0 Å². The molecule has 3 heteroatoms. The Balaban J connectivity index is 3.17. The Morgan fingerprint density at radius 3 is 1.67 bits per heavy atom. The van der Waals surface area contributed by atoms with Crippen LogP contribution >= 0.6 is 0 Å². The second kappa shape index (κ2) is 1.55. The van der Waals surface area contributed by atoms with E-state index in [1.807, 2.05) is 0 Å². The van der Waals surface area contributed by atoms with E-state index >= 15 is 0 Å². The number of aliphatic hydroxyl groups is 2. The van der Waals surface area contributed by atoms with Crippen LogP contribution in [-0.2, 0) is 4.74 Å². The van der Waals surface area contributed by atoms with Crippen LogP contribution in [0.2, 0.25) is 0 Å². The zero-order valence-corrected chi connectivity index (χ0v) is 3.80.